The standard InChI is InChI=1S/C34H43ClN6O3/c1-34(2,3)44-33(43)41-20-19-39(31-28-12-11-26(35)21-25(28)10-9-24-7-6-14-37-30(24)31)22-29(41)32(42)40-16-5-4-8-27(40)13-17-38-18-15-36-23-38/h6-7,11-12,14-15,18,21,23,27,29,31H,4-5,8-10,13,16-17,19-20,22H2,1-3H3/t27?,29-,31+/m1/s1. The van der Waals surface area contributed by atoms with Gasteiger partial charge in [-0.2, -0.15) is 0 Å². The van der Waals surface area contributed by atoms with Crippen LogP contribution in [-0.2, 0) is 28.9 Å². The molecule has 1 aromatic carbocycles. The zero-order chi connectivity index (χ0) is 30.8. The van der Waals surface area contributed by atoms with Crippen LogP contribution in [0, 0.1) is 0 Å². The van der Waals surface area contributed by atoms with Gasteiger partial charge in [0, 0.05) is 62.4 Å². The molecule has 44 heavy (non-hydrogen) atoms. The number of carbonyl (C=O) groups is 2. The average molecular weight is 619 g/mol. The second-order valence-corrected chi connectivity index (χ2v) is 13.7. The van der Waals surface area contributed by atoms with Crippen molar-refractivity contribution in [2.45, 2.75) is 89.6 Å². The van der Waals surface area contributed by atoms with Gasteiger partial charge in [-0.25, -0.2) is 9.78 Å². The van der Waals surface area contributed by atoms with Crippen LogP contribution in [-0.4, -0.2) is 85.1 Å². The number of imidazole rings is 1. The van der Waals surface area contributed by atoms with Crippen molar-refractivity contribution in [3.63, 3.8) is 0 Å². The van der Waals surface area contributed by atoms with Crippen LogP contribution in [0.4, 0.5) is 4.79 Å². The van der Waals surface area contributed by atoms with Crippen molar-refractivity contribution >= 4 is 23.6 Å². The van der Waals surface area contributed by atoms with Crippen LogP contribution in [0.2, 0.25) is 5.02 Å². The van der Waals surface area contributed by atoms with Gasteiger partial charge in [0.1, 0.15) is 11.6 Å². The zero-order valence-electron chi connectivity index (χ0n) is 26.0. The first-order valence-electron chi connectivity index (χ1n) is 15.9. The van der Waals surface area contributed by atoms with E-state index >= 15 is 0 Å². The molecule has 1 unspecified atom stereocenters. The number of halogens is 1. The van der Waals surface area contributed by atoms with Crippen molar-refractivity contribution < 1.29 is 14.3 Å². The maximum Gasteiger partial charge on any atom is 0.411 e. The molecule has 2 aromatic heterocycles. The predicted octanol–water partition coefficient (Wildman–Crippen LogP) is 5.51. The number of piperazine rings is 1. The largest absolute Gasteiger partial charge is 0.444 e. The number of hydrogen-bond donors (Lipinski definition) is 0. The van der Waals surface area contributed by atoms with E-state index in [1.54, 1.807) is 11.1 Å². The number of carbonyl (C=O) groups excluding carboxylic acids is 2. The van der Waals surface area contributed by atoms with E-state index in [-0.39, 0.29) is 18.0 Å². The van der Waals surface area contributed by atoms with Gasteiger partial charge in [0.15, 0.2) is 0 Å². The Labute approximate surface area is 265 Å². The summed E-state index contributed by atoms with van der Waals surface area (Å²) < 4.78 is 7.92. The highest BCUT2D eigenvalue weighted by molar-refractivity contribution is 6.30. The quantitative estimate of drug-likeness (QED) is 0.375. The van der Waals surface area contributed by atoms with Crippen LogP contribution < -0.4 is 0 Å². The fourth-order valence-corrected chi connectivity index (χ4v) is 7.24. The monoisotopic (exact) mass is 618 g/mol. The molecule has 1 aliphatic carbocycles. The molecular formula is C34H43ClN6O3. The molecular weight excluding hydrogens is 576 g/mol. The third-order valence-electron chi connectivity index (χ3n) is 9.13. The van der Waals surface area contributed by atoms with Crippen molar-refractivity contribution in [1.82, 2.24) is 29.2 Å². The van der Waals surface area contributed by atoms with Gasteiger partial charge in [-0.3, -0.25) is 19.6 Å². The van der Waals surface area contributed by atoms with Crippen molar-refractivity contribution in [2.75, 3.05) is 26.2 Å². The number of piperidine rings is 1. The zero-order valence-corrected chi connectivity index (χ0v) is 26.7. The molecule has 2 aliphatic heterocycles. The van der Waals surface area contributed by atoms with E-state index < -0.39 is 17.7 Å². The summed E-state index contributed by atoms with van der Waals surface area (Å²) in [5.74, 6) is 0.00193. The van der Waals surface area contributed by atoms with E-state index in [0.717, 1.165) is 55.8 Å². The molecule has 0 spiro atoms. The van der Waals surface area contributed by atoms with Crippen LogP contribution in [0.3, 0.4) is 0 Å². The lowest BCUT2D eigenvalue weighted by atomic mass is 9.94. The van der Waals surface area contributed by atoms with E-state index in [2.05, 4.69) is 32.7 Å². The van der Waals surface area contributed by atoms with Crippen LogP contribution in [0.5, 0.6) is 0 Å². The van der Waals surface area contributed by atoms with E-state index in [4.69, 9.17) is 21.3 Å². The lowest BCUT2D eigenvalue weighted by molar-refractivity contribution is -0.143. The van der Waals surface area contributed by atoms with Crippen LogP contribution in [0.1, 0.15) is 74.9 Å². The second-order valence-electron chi connectivity index (χ2n) is 13.2. The molecule has 6 rings (SSSR count). The normalized spacial score (nSPS) is 22.6. The number of hydrogen-bond acceptors (Lipinski definition) is 6. The molecule has 10 heteroatoms. The maximum atomic E-state index is 14.6. The van der Waals surface area contributed by atoms with Crippen LogP contribution >= 0.6 is 11.6 Å². The highest BCUT2D eigenvalue weighted by Crippen LogP contribution is 2.38. The molecule has 0 N–H and O–H groups in total. The summed E-state index contributed by atoms with van der Waals surface area (Å²) >= 11 is 6.46. The van der Waals surface area contributed by atoms with Gasteiger partial charge in [-0.05, 0) is 94.2 Å². The number of aromatic nitrogens is 3. The lowest BCUT2D eigenvalue weighted by Crippen LogP contribution is -2.63. The Hall–Kier alpha value is -3.43. The first kappa shape index (κ1) is 30.6. The van der Waals surface area contributed by atoms with E-state index in [9.17, 15) is 9.59 Å². The van der Waals surface area contributed by atoms with Gasteiger partial charge in [-0.1, -0.05) is 23.7 Å². The fraction of sp³-hybridized carbons (Fsp3) is 0.529. The number of ether oxygens (including phenoxy) is 1. The Kier molecular flexibility index (Phi) is 8.96. The summed E-state index contributed by atoms with van der Waals surface area (Å²) in [7, 11) is 0. The molecule has 0 bridgehead atoms. The smallest absolute Gasteiger partial charge is 0.411 e. The molecule has 2 saturated heterocycles. The summed E-state index contributed by atoms with van der Waals surface area (Å²) in [4.78, 5) is 43.4. The van der Waals surface area contributed by atoms with E-state index in [1.165, 1.54) is 16.7 Å². The van der Waals surface area contributed by atoms with Crippen molar-refractivity contribution in [3.05, 3.63) is 82.7 Å². The van der Waals surface area contributed by atoms with Crippen LogP contribution in [0.15, 0.2) is 55.2 Å². The molecule has 2 amide bonds. The lowest BCUT2D eigenvalue weighted by Gasteiger charge is -2.46. The van der Waals surface area contributed by atoms with Gasteiger partial charge in [-0.15, -0.1) is 0 Å². The summed E-state index contributed by atoms with van der Waals surface area (Å²) in [6.07, 6.45) is 12.6. The summed E-state index contributed by atoms with van der Waals surface area (Å²) in [6, 6.07) is 9.56. The van der Waals surface area contributed by atoms with Crippen molar-refractivity contribution in [2.24, 2.45) is 0 Å². The Morgan fingerprint density at radius 3 is 2.66 bits per heavy atom. The van der Waals surface area contributed by atoms with Crippen LogP contribution in [0.25, 0.3) is 0 Å². The Balaban J connectivity index is 1.33. The third kappa shape index (κ3) is 6.64. The Bertz CT molecular complexity index is 1470. The molecule has 3 atom stereocenters. The number of nitrogens with zero attached hydrogens (tertiary/aromatic N) is 6. The number of aryl methyl sites for hydroxylation is 3. The number of pyridine rings is 1. The highest BCUT2D eigenvalue weighted by Gasteiger charge is 2.44. The number of likely N-dealkylation sites (tertiary alicyclic amines) is 1. The van der Waals surface area contributed by atoms with Gasteiger partial charge >= 0.3 is 6.09 Å². The van der Waals surface area contributed by atoms with Gasteiger partial charge < -0.3 is 14.2 Å². The SMILES string of the molecule is CC(C)(C)OC(=O)N1CCN([C@H]2c3ccc(Cl)cc3CCc3cccnc32)C[C@@H]1C(=O)N1CCCCC1CCn1ccnc1. The molecule has 3 aromatic rings. The minimum absolute atomic E-state index is 0.00193. The van der Waals surface area contributed by atoms with Gasteiger partial charge in [0.05, 0.1) is 18.1 Å². The van der Waals surface area contributed by atoms with Gasteiger partial charge in [0.25, 0.3) is 0 Å². The number of amides is 2. The van der Waals surface area contributed by atoms with E-state index in [0.29, 0.717) is 26.2 Å². The first-order chi connectivity index (χ1) is 21.2. The molecule has 2 fully saturated rings. The molecule has 9 nitrogen and oxygen atoms in total. The minimum Gasteiger partial charge on any atom is -0.444 e. The third-order valence-corrected chi connectivity index (χ3v) is 9.36. The summed E-state index contributed by atoms with van der Waals surface area (Å²) in [6.45, 7) is 8.47. The molecule has 4 heterocycles. The minimum atomic E-state index is -0.668. The topological polar surface area (TPSA) is 83.8 Å². The van der Waals surface area contributed by atoms with E-state index in [1.807, 2.05) is 56.5 Å². The molecule has 0 radical (unpaired) electrons. The molecule has 3 aliphatic rings. The molecule has 234 valence electrons. The predicted molar refractivity (Wildman–Crippen MR) is 169 cm³/mol. The number of benzene rings is 1. The highest BCUT2D eigenvalue weighted by atomic mass is 35.5. The number of fused-ring (bicyclic) bond motifs is 2. The van der Waals surface area contributed by atoms with Crippen molar-refractivity contribution in [1.29, 1.82) is 0 Å². The van der Waals surface area contributed by atoms with Gasteiger partial charge in [0.2, 0.25) is 5.91 Å². The van der Waals surface area contributed by atoms with Crippen molar-refractivity contribution in [3.8, 4) is 0 Å². The molecule has 0 saturated carbocycles. The summed E-state index contributed by atoms with van der Waals surface area (Å²) in [5.41, 5.74) is 3.93. The Morgan fingerprint density at radius 2 is 1.86 bits per heavy atom. The number of rotatable bonds is 5. The first-order valence-corrected chi connectivity index (χ1v) is 16.3. The second kappa shape index (κ2) is 12.9. The maximum absolute atomic E-state index is 14.6. The fourth-order valence-electron chi connectivity index (χ4n) is 7.04. The average Bonchev–Trinajstić information content (AvgIpc) is 3.47. The Morgan fingerprint density at radius 1 is 1.02 bits per heavy atom. The summed E-state index contributed by atoms with van der Waals surface area (Å²) in [5, 5.41) is 0.719.